The third-order valence-corrected chi connectivity index (χ3v) is 4.79. The minimum Gasteiger partial charge on any atom is -0.358 e. The van der Waals surface area contributed by atoms with E-state index in [9.17, 15) is 9.59 Å². The van der Waals surface area contributed by atoms with Gasteiger partial charge in [-0.25, -0.2) is 0 Å². The van der Waals surface area contributed by atoms with Crippen LogP contribution in [0, 0.1) is 0 Å². The Hall–Kier alpha value is -2.67. The number of piperazine rings is 1. The number of benzene rings is 1. The summed E-state index contributed by atoms with van der Waals surface area (Å²) in [6.45, 7) is 2.43. The number of aromatic nitrogens is 2. The van der Waals surface area contributed by atoms with Gasteiger partial charge in [-0.15, -0.1) is 0 Å². The summed E-state index contributed by atoms with van der Waals surface area (Å²) in [5, 5.41) is 6.91. The lowest BCUT2D eigenvalue weighted by molar-refractivity contribution is -0.127. The number of nitrogens with zero attached hydrogens (tertiary/aromatic N) is 4. The number of carbonyl (C=O) groups is 2. The first kappa shape index (κ1) is 18.1. The van der Waals surface area contributed by atoms with Gasteiger partial charge in [0.1, 0.15) is 11.7 Å². The van der Waals surface area contributed by atoms with Gasteiger partial charge >= 0.3 is 0 Å². The van der Waals surface area contributed by atoms with Crippen molar-refractivity contribution in [1.82, 2.24) is 24.9 Å². The zero-order chi connectivity index (χ0) is 18.5. The molecule has 1 aromatic heterocycles. The molecule has 2 amide bonds. The fraction of sp³-hybridized carbons (Fsp3) is 0.421. The molecule has 2 heterocycles. The Balaban J connectivity index is 1.67. The summed E-state index contributed by atoms with van der Waals surface area (Å²) < 4.78 is 1.61. The van der Waals surface area contributed by atoms with Gasteiger partial charge in [-0.2, -0.15) is 5.10 Å². The zero-order valence-corrected chi connectivity index (χ0v) is 15.3. The number of hydrogen-bond donors (Lipinski definition) is 1. The fourth-order valence-corrected chi connectivity index (χ4v) is 3.30. The molecule has 1 aliphatic heterocycles. The Bertz CT molecular complexity index is 758. The van der Waals surface area contributed by atoms with Crippen molar-refractivity contribution in [2.45, 2.75) is 12.5 Å². The van der Waals surface area contributed by atoms with Crippen LogP contribution in [-0.2, 0) is 18.3 Å². The van der Waals surface area contributed by atoms with Crippen LogP contribution in [0.25, 0.3) is 0 Å². The standard InChI is InChI=1S/C19H25N5O2/c1-20-18(25)17-14-24(19(26)16-9-10-22(2)21-16)13-12-23(17)11-8-15-6-4-3-5-7-15/h3-7,9-10,17H,8,11-14H2,1-2H3,(H,20,25)/t17-/m0/s1. The molecule has 1 saturated heterocycles. The number of rotatable bonds is 5. The maximum absolute atomic E-state index is 12.7. The lowest BCUT2D eigenvalue weighted by Gasteiger charge is -2.40. The van der Waals surface area contributed by atoms with Crippen LogP contribution in [0.1, 0.15) is 16.1 Å². The summed E-state index contributed by atoms with van der Waals surface area (Å²) in [5.41, 5.74) is 1.66. The minimum absolute atomic E-state index is 0.0587. The molecule has 0 aliphatic carbocycles. The number of aryl methyl sites for hydroxylation is 1. The topological polar surface area (TPSA) is 70.5 Å². The van der Waals surface area contributed by atoms with E-state index < -0.39 is 0 Å². The van der Waals surface area contributed by atoms with E-state index >= 15 is 0 Å². The monoisotopic (exact) mass is 355 g/mol. The van der Waals surface area contributed by atoms with Crippen molar-refractivity contribution in [1.29, 1.82) is 0 Å². The molecule has 0 saturated carbocycles. The molecule has 0 spiro atoms. The number of hydrogen-bond acceptors (Lipinski definition) is 4. The number of nitrogens with one attached hydrogen (secondary N) is 1. The van der Waals surface area contributed by atoms with Crippen molar-refractivity contribution >= 4 is 11.8 Å². The maximum Gasteiger partial charge on any atom is 0.274 e. The second-order valence-corrected chi connectivity index (χ2v) is 6.53. The van der Waals surface area contributed by atoms with E-state index in [0.717, 1.165) is 13.0 Å². The molecule has 0 bridgehead atoms. The van der Waals surface area contributed by atoms with Gasteiger partial charge in [0.25, 0.3) is 5.91 Å². The predicted molar refractivity (Wildman–Crippen MR) is 98.7 cm³/mol. The Labute approximate surface area is 153 Å². The van der Waals surface area contributed by atoms with Crippen molar-refractivity contribution < 1.29 is 9.59 Å². The Morgan fingerprint density at radius 3 is 2.62 bits per heavy atom. The molecule has 1 fully saturated rings. The molecule has 1 atom stereocenters. The second kappa shape index (κ2) is 8.14. The first-order chi connectivity index (χ1) is 12.6. The van der Waals surface area contributed by atoms with E-state index in [1.165, 1.54) is 5.56 Å². The highest BCUT2D eigenvalue weighted by molar-refractivity contribution is 5.93. The molecule has 1 aliphatic rings. The van der Waals surface area contributed by atoms with E-state index in [2.05, 4.69) is 27.4 Å². The largest absolute Gasteiger partial charge is 0.358 e. The lowest BCUT2D eigenvalue weighted by Crippen LogP contribution is -2.60. The van der Waals surface area contributed by atoms with E-state index in [4.69, 9.17) is 0 Å². The lowest BCUT2D eigenvalue weighted by atomic mass is 10.1. The fourth-order valence-electron chi connectivity index (χ4n) is 3.30. The number of carbonyl (C=O) groups excluding carboxylic acids is 2. The summed E-state index contributed by atoms with van der Waals surface area (Å²) in [7, 11) is 3.42. The first-order valence-electron chi connectivity index (χ1n) is 8.87. The van der Waals surface area contributed by atoms with Gasteiger partial charge in [0, 0.05) is 46.5 Å². The second-order valence-electron chi connectivity index (χ2n) is 6.53. The highest BCUT2D eigenvalue weighted by Gasteiger charge is 2.34. The minimum atomic E-state index is -0.342. The van der Waals surface area contributed by atoms with Gasteiger partial charge in [0.05, 0.1) is 0 Å². The quantitative estimate of drug-likeness (QED) is 0.850. The van der Waals surface area contributed by atoms with Gasteiger partial charge in [0.2, 0.25) is 5.91 Å². The summed E-state index contributed by atoms with van der Waals surface area (Å²) >= 11 is 0. The highest BCUT2D eigenvalue weighted by atomic mass is 16.2. The van der Waals surface area contributed by atoms with Crippen LogP contribution in [0.2, 0.25) is 0 Å². The molecule has 2 aromatic rings. The van der Waals surface area contributed by atoms with Crippen molar-refractivity contribution in [3.8, 4) is 0 Å². The van der Waals surface area contributed by atoms with Gasteiger partial charge in [-0.1, -0.05) is 30.3 Å². The normalized spacial score (nSPS) is 17.9. The molecule has 0 unspecified atom stereocenters. The van der Waals surface area contributed by atoms with Gasteiger partial charge in [0.15, 0.2) is 0 Å². The molecule has 1 N–H and O–H groups in total. The number of amides is 2. The van der Waals surface area contributed by atoms with Crippen LogP contribution < -0.4 is 5.32 Å². The van der Waals surface area contributed by atoms with E-state index in [-0.39, 0.29) is 17.9 Å². The third-order valence-electron chi connectivity index (χ3n) is 4.79. The van der Waals surface area contributed by atoms with Crippen LogP contribution in [0.5, 0.6) is 0 Å². The molecule has 3 rings (SSSR count). The van der Waals surface area contributed by atoms with Crippen molar-refractivity contribution in [3.63, 3.8) is 0 Å². The van der Waals surface area contributed by atoms with Crippen molar-refractivity contribution in [2.24, 2.45) is 7.05 Å². The number of likely N-dealkylation sites (N-methyl/N-ethyl adjacent to an activating group) is 1. The van der Waals surface area contributed by atoms with Crippen LogP contribution in [0.4, 0.5) is 0 Å². The van der Waals surface area contributed by atoms with Crippen LogP contribution >= 0.6 is 0 Å². The molecule has 1 aromatic carbocycles. The Morgan fingerprint density at radius 2 is 1.96 bits per heavy atom. The summed E-state index contributed by atoms with van der Waals surface area (Å²) in [6.07, 6.45) is 2.63. The molecule has 7 heteroatoms. The Morgan fingerprint density at radius 1 is 1.19 bits per heavy atom. The van der Waals surface area contributed by atoms with Crippen molar-refractivity contribution in [2.75, 3.05) is 33.2 Å². The summed E-state index contributed by atoms with van der Waals surface area (Å²) in [5.74, 6) is -0.182. The molecular weight excluding hydrogens is 330 g/mol. The van der Waals surface area contributed by atoms with Crippen molar-refractivity contribution in [3.05, 3.63) is 53.9 Å². The molecule has 138 valence electrons. The van der Waals surface area contributed by atoms with Crippen LogP contribution in [0.3, 0.4) is 0 Å². The van der Waals surface area contributed by atoms with E-state index in [1.807, 2.05) is 18.2 Å². The Kier molecular flexibility index (Phi) is 5.68. The average Bonchev–Trinajstić information content (AvgIpc) is 3.12. The summed E-state index contributed by atoms with van der Waals surface area (Å²) in [6, 6.07) is 11.6. The highest BCUT2D eigenvalue weighted by Crippen LogP contribution is 2.14. The predicted octanol–water partition coefficient (Wildman–Crippen LogP) is 0.535. The smallest absolute Gasteiger partial charge is 0.274 e. The molecular formula is C19H25N5O2. The van der Waals surface area contributed by atoms with E-state index in [0.29, 0.717) is 25.3 Å². The average molecular weight is 355 g/mol. The van der Waals surface area contributed by atoms with E-state index in [1.54, 1.807) is 35.9 Å². The molecule has 26 heavy (non-hydrogen) atoms. The molecule has 7 nitrogen and oxygen atoms in total. The summed E-state index contributed by atoms with van der Waals surface area (Å²) in [4.78, 5) is 28.9. The molecule has 0 radical (unpaired) electrons. The third kappa shape index (κ3) is 4.11. The first-order valence-corrected chi connectivity index (χ1v) is 8.87. The van der Waals surface area contributed by atoms with Crippen LogP contribution in [0.15, 0.2) is 42.6 Å². The SMILES string of the molecule is CNC(=O)[C@@H]1CN(C(=O)c2ccn(C)n2)CCN1CCc1ccccc1. The van der Waals surface area contributed by atoms with Gasteiger partial charge in [-0.05, 0) is 18.1 Å². The zero-order valence-electron chi connectivity index (χ0n) is 15.3. The van der Waals surface area contributed by atoms with Gasteiger partial charge < -0.3 is 10.2 Å². The van der Waals surface area contributed by atoms with Crippen LogP contribution in [-0.4, -0.2) is 70.7 Å². The van der Waals surface area contributed by atoms with Gasteiger partial charge in [-0.3, -0.25) is 19.2 Å². The maximum atomic E-state index is 12.7.